The fourth-order valence-electron chi connectivity index (χ4n) is 4.32. The number of thioether (sulfide) groups is 1. The fourth-order valence-corrected chi connectivity index (χ4v) is 7.10. The first-order chi connectivity index (χ1) is 20.4. The first-order valence-corrected chi connectivity index (χ1v) is 16.2. The number of carbonyl (C=O) groups excluding carboxylic acids is 2. The summed E-state index contributed by atoms with van der Waals surface area (Å²) in [5.41, 5.74) is 1.89. The van der Waals surface area contributed by atoms with Crippen LogP contribution in [0.1, 0.15) is 35.6 Å². The zero-order valence-electron chi connectivity index (χ0n) is 23.2. The normalized spacial score (nSPS) is 13.8. The van der Waals surface area contributed by atoms with Crippen LogP contribution in [0, 0.1) is 5.92 Å². The second kappa shape index (κ2) is 16.2. The van der Waals surface area contributed by atoms with Crippen LogP contribution in [0.5, 0.6) is 0 Å². The largest absolute Gasteiger partial charge is 0.462 e. The number of hydrogen-bond donors (Lipinski definition) is 0. The summed E-state index contributed by atoms with van der Waals surface area (Å²) < 4.78 is 26.1. The highest BCUT2D eigenvalue weighted by Crippen LogP contribution is 2.39. The molecule has 0 radical (unpaired) electrons. The molecule has 218 valence electrons. The first-order valence-electron chi connectivity index (χ1n) is 13.6. The number of nitrogens with zero attached hydrogens (tertiary/aromatic N) is 1. The van der Waals surface area contributed by atoms with Crippen molar-refractivity contribution >= 4 is 51.0 Å². The lowest BCUT2D eigenvalue weighted by Gasteiger charge is -2.23. The van der Waals surface area contributed by atoms with Gasteiger partial charge in [0.05, 0.1) is 22.6 Å². The third-order valence-electron chi connectivity index (χ3n) is 6.55. The van der Waals surface area contributed by atoms with Crippen molar-refractivity contribution in [2.45, 2.75) is 29.4 Å². The van der Waals surface area contributed by atoms with Gasteiger partial charge in [0, 0.05) is 28.3 Å². The molecule has 4 aromatic rings. The van der Waals surface area contributed by atoms with Gasteiger partial charge in [0.2, 0.25) is 0 Å². The molecule has 4 atom stereocenters. The summed E-state index contributed by atoms with van der Waals surface area (Å²) in [7, 11) is -1.31. The van der Waals surface area contributed by atoms with Gasteiger partial charge in [-0.2, -0.15) is 0 Å². The summed E-state index contributed by atoms with van der Waals surface area (Å²) in [6, 6.07) is 32.4. The predicted octanol–water partition coefficient (Wildman–Crippen LogP) is 6.80. The molecule has 0 N–H and O–H groups in total. The van der Waals surface area contributed by atoms with Crippen molar-refractivity contribution in [3.05, 3.63) is 127 Å². The van der Waals surface area contributed by atoms with Crippen LogP contribution in [-0.2, 0) is 29.9 Å². The van der Waals surface area contributed by atoms with Crippen molar-refractivity contribution in [3.63, 3.8) is 0 Å². The van der Waals surface area contributed by atoms with Crippen molar-refractivity contribution in [1.29, 1.82) is 0 Å². The molecule has 0 spiro atoms. The SMILES string of the molecule is CC(CS(=O)c1ccccc1)C(=O)OCCOC(=O)C(CC(SC(=S)n1cccc1)c1ccccc1)c1ccccc1. The molecule has 0 saturated heterocycles. The topological polar surface area (TPSA) is 74.6 Å². The molecular formula is C33H33NO5S3. The van der Waals surface area contributed by atoms with Crippen LogP contribution >= 0.6 is 24.0 Å². The number of carbonyl (C=O) groups is 2. The molecule has 0 bridgehead atoms. The van der Waals surface area contributed by atoms with E-state index in [1.807, 2.05) is 108 Å². The monoisotopic (exact) mass is 619 g/mol. The van der Waals surface area contributed by atoms with E-state index in [1.165, 1.54) is 11.8 Å². The van der Waals surface area contributed by atoms with Gasteiger partial charge < -0.3 is 14.0 Å². The molecule has 0 amide bonds. The van der Waals surface area contributed by atoms with E-state index in [9.17, 15) is 13.8 Å². The van der Waals surface area contributed by atoms with Crippen LogP contribution in [-0.4, -0.2) is 44.0 Å². The molecule has 6 nitrogen and oxygen atoms in total. The molecular weight excluding hydrogens is 587 g/mol. The zero-order chi connectivity index (χ0) is 29.7. The van der Waals surface area contributed by atoms with Crippen LogP contribution in [0.15, 0.2) is 120 Å². The highest BCUT2D eigenvalue weighted by atomic mass is 32.2. The first kappa shape index (κ1) is 31.4. The molecule has 4 unspecified atom stereocenters. The standard InChI is InChI=1S/C33H33NO5S3/c1-25(24-42(37)28-17-9-4-10-18-28)31(35)38-21-22-39-32(36)29(26-13-5-2-6-14-26)23-30(27-15-7-3-8-16-27)41-33(40)34-19-11-12-20-34/h2-20,25,29-30H,21-24H2,1H3. The lowest BCUT2D eigenvalue weighted by atomic mass is 9.92. The number of esters is 2. The van der Waals surface area contributed by atoms with Crippen molar-refractivity contribution in [2.24, 2.45) is 5.92 Å². The Morgan fingerprint density at radius 1 is 0.786 bits per heavy atom. The molecule has 0 aliphatic rings. The lowest BCUT2D eigenvalue weighted by Crippen LogP contribution is -2.24. The van der Waals surface area contributed by atoms with Gasteiger partial charge in [-0.25, -0.2) is 0 Å². The van der Waals surface area contributed by atoms with Crippen LogP contribution < -0.4 is 0 Å². The van der Waals surface area contributed by atoms with Crippen molar-refractivity contribution in [1.82, 2.24) is 4.57 Å². The molecule has 1 heterocycles. The van der Waals surface area contributed by atoms with E-state index in [0.29, 0.717) is 15.6 Å². The number of rotatable bonds is 13. The summed E-state index contributed by atoms with van der Waals surface area (Å²) in [6.45, 7) is 1.52. The van der Waals surface area contributed by atoms with Gasteiger partial charge in [-0.3, -0.25) is 13.8 Å². The van der Waals surface area contributed by atoms with E-state index >= 15 is 0 Å². The maximum absolute atomic E-state index is 13.5. The van der Waals surface area contributed by atoms with Gasteiger partial charge in [0.25, 0.3) is 0 Å². The third-order valence-corrected chi connectivity index (χ3v) is 9.81. The van der Waals surface area contributed by atoms with Crippen LogP contribution in [0.4, 0.5) is 0 Å². The van der Waals surface area contributed by atoms with E-state index < -0.39 is 34.6 Å². The van der Waals surface area contributed by atoms with Crippen molar-refractivity contribution in [3.8, 4) is 0 Å². The van der Waals surface area contributed by atoms with Gasteiger partial charge in [0.15, 0.2) is 0 Å². The second-order valence-electron chi connectivity index (χ2n) is 9.63. The minimum atomic E-state index is -1.31. The molecule has 42 heavy (non-hydrogen) atoms. The van der Waals surface area contributed by atoms with Crippen molar-refractivity contribution in [2.75, 3.05) is 19.0 Å². The number of thiocarbonyl (C=S) groups is 1. The highest BCUT2D eigenvalue weighted by molar-refractivity contribution is 8.23. The van der Waals surface area contributed by atoms with E-state index in [0.717, 1.165) is 11.1 Å². The summed E-state index contributed by atoms with van der Waals surface area (Å²) in [6.07, 6.45) is 4.27. The Balaban J connectivity index is 1.37. The molecule has 0 saturated carbocycles. The quantitative estimate of drug-likeness (QED) is 0.0926. The maximum atomic E-state index is 13.5. The second-order valence-corrected chi connectivity index (χ2v) is 13.0. The van der Waals surface area contributed by atoms with E-state index in [2.05, 4.69) is 0 Å². The smallest absolute Gasteiger partial charge is 0.313 e. The zero-order valence-corrected chi connectivity index (χ0v) is 25.7. The summed E-state index contributed by atoms with van der Waals surface area (Å²) in [5, 5.41) is -0.108. The molecule has 9 heteroatoms. The Morgan fingerprint density at radius 2 is 1.31 bits per heavy atom. The molecule has 0 aliphatic heterocycles. The van der Waals surface area contributed by atoms with E-state index in [1.54, 1.807) is 19.1 Å². The summed E-state index contributed by atoms with van der Waals surface area (Å²) in [4.78, 5) is 26.6. The van der Waals surface area contributed by atoms with Crippen LogP contribution in [0.3, 0.4) is 0 Å². The molecule has 3 aromatic carbocycles. The van der Waals surface area contributed by atoms with Crippen molar-refractivity contribution < 1.29 is 23.3 Å². The van der Waals surface area contributed by atoms with Crippen LogP contribution in [0.25, 0.3) is 0 Å². The minimum absolute atomic E-state index is 0.0761. The Bertz CT molecular complexity index is 1450. The van der Waals surface area contributed by atoms with E-state index in [-0.39, 0.29) is 24.2 Å². The van der Waals surface area contributed by atoms with Gasteiger partial charge in [0.1, 0.15) is 17.5 Å². The molecule has 4 rings (SSSR count). The highest BCUT2D eigenvalue weighted by Gasteiger charge is 2.28. The number of ether oxygens (including phenoxy) is 2. The Morgan fingerprint density at radius 3 is 1.90 bits per heavy atom. The summed E-state index contributed by atoms with van der Waals surface area (Å²) >= 11 is 7.24. The van der Waals surface area contributed by atoms with Gasteiger partial charge in [-0.15, -0.1) is 0 Å². The lowest BCUT2D eigenvalue weighted by molar-refractivity contribution is -0.155. The Hall–Kier alpha value is -3.53. The fraction of sp³-hybridized carbons (Fsp3) is 0.242. The maximum Gasteiger partial charge on any atom is 0.313 e. The minimum Gasteiger partial charge on any atom is -0.462 e. The molecule has 1 aromatic heterocycles. The summed E-state index contributed by atoms with van der Waals surface area (Å²) in [5.74, 6) is -1.84. The van der Waals surface area contributed by atoms with Gasteiger partial charge in [-0.05, 0) is 41.8 Å². The predicted molar refractivity (Wildman–Crippen MR) is 172 cm³/mol. The average molecular weight is 620 g/mol. The van der Waals surface area contributed by atoms with E-state index in [4.69, 9.17) is 21.7 Å². The Kier molecular flexibility index (Phi) is 12.1. The van der Waals surface area contributed by atoms with Gasteiger partial charge >= 0.3 is 11.9 Å². The Labute approximate surface area is 258 Å². The van der Waals surface area contributed by atoms with Gasteiger partial charge in [-0.1, -0.05) is 110 Å². The number of aromatic nitrogens is 1. The number of benzene rings is 3. The molecule has 0 aliphatic carbocycles. The number of hydrogen-bond acceptors (Lipinski definition) is 7. The average Bonchev–Trinajstić information content (AvgIpc) is 3.58. The van der Waals surface area contributed by atoms with Crippen LogP contribution in [0.2, 0.25) is 0 Å². The molecule has 0 fully saturated rings. The third kappa shape index (κ3) is 9.24.